The van der Waals surface area contributed by atoms with Gasteiger partial charge < -0.3 is 53.2 Å². The molecular weight excluding hydrogens is 632 g/mol. The number of amides is 9. The SMILES string of the molecule is C[C@H](NC(=O)CNC(=O)[C@@H]1CCCN1C(=O)[C@H](C)NC(=O)[C@H](C)NC(=O)[C@H](C)NC(=O)CNC(=O)[C@H](C)NC(=O)[C@@H]1CCCN1)C(N)=O. The van der Waals surface area contributed by atoms with Crippen molar-refractivity contribution in [2.24, 2.45) is 5.73 Å². The fourth-order valence-corrected chi connectivity index (χ4v) is 4.97. The van der Waals surface area contributed by atoms with E-state index in [9.17, 15) is 43.2 Å². The normalized spacial score (nSPS) is 20.1. The summed E-state index contributed by atoms with van der Waals surface area (Å²) in [4.78, 5) is 112. The first-order valence-electron chi connectivity index (χ1n) is 15.9. The minimum atomic E-state index is -1.11. The van der Waals surface area contributed by atoms with Crippen LogP contribution in [0.1, 0.15) is 60.3 Å². The highest BCUT2D eigenvalue weighted by Gasteiger charge is 2.37. The van der Waals surface area contributed by atoms with E-state index < -0.39 is 96.6 Å². The number of rotatable bonds is 16. The molecule has 2 aliphatic rings. The zero-order valence-electron chi connectivity index (χ0n) is 27.9. The summed E-state index contributed by atoms with van der Waals surface area (Å²) >= 11 is 0. The van der Waals surface area contributed by atoms with Gasteiger partial charge in [-0.1, -0.05) is 0 Å². The number of likely N-dealkylation sites (tertiary alicyclic amines) is 1. The molecule has 10 N–H and O–H groups in total. The minimum Gasteiger partial charge on any atom is -0.368 e. The molecule has 19 heteroatoms. The molecule has 7 atom stereocenters. The molecule has 19 nitrogen and oxygen atoms in total. The van der Waals surface area contributed by atoms with Crippen molar-refractivity contribution < 1.29 is 43.2 Å². The van der Waals surface area contributed by atoms with Crippen molar-refractivity contribution in [2.45, 2.75) is 103 Å². The second kappa shape index (κ2) is 18.5. The topological polar surface area (TPSA) is 279 Å². The summed E-state index contributed by atoms with van der Waals surface area (Å²) in [6.07, 6.45) is 2.39. The molecular formula is C29H48N10O9. The highest BCUT2D eigenvalue weighted by atomic mass is 16.2. The van der Waals surface area contributed by atoms with Gasteiger partial charge in [-0.15, -0.1) is 0 Å². The Hall–Kier alpha value is -4.81. The molecule has 0 bridgehead atoms. The fraction of sp³-hybridized carbons (Fsp3) is 0.690. The van der Waals surface area contributed by atoms with Crippen LogP contribution < -0.4 is 48.3 Å². The first-order chi connectivity index (χ1) is 22.5. The molecule has 2 saturated heterocycles. The molecule has 0 radical (unpaired) electrons. The number of nitrogens with zero attached hydrogens (tertiary/aromatic N) is 1. The van der Waals surface area contributed by atoms with E-state index in [1.165, 1.54) is 39.5 Å². The van der Waals surface area contributed by atoms with Crippen molar-refractivity contribution in [3.8, 4) is 0 Å². The van der Waals surface area contributed by atoms with E-state index in [-0.39, 0.29) is 18.5 Å². The summed E-state index contributed by atoms with van der Waals surface area (Å²) in [6, 6.07) is -6.29. The third-order valence-electron chi connectivity index (χ3n) is 7.87. The van der Waals surface area contributed by atoms with Crippen molar-refractivity contribution in [3.63, 3.8) is 0 Å². The zero-order valence-corrected chi connectivity index (χ0v) is 27.9. The van der Waals surface area contributed by atoms with Crippen LogP contribution in [0.2, 0.25) is 0 Å². The van der Waals surface area contributed by atoms with E-state index in [1.54, 1.807) is 0 Å². The lowest BCUT2D eigenvalue weighted by molar-refractivity contribution is -0.141. The van der Waals surface area contributed by atoms with E-state index in [1.807, 2.05) is 0 Å². The molecule has 0 aliphatic carbocycles. The molecule has 9 amide bonds. The van der Waals surface area contributed by atoms with Crippen molar-refractivity contribution in [1.82, 2.24) is 47.4 Å². The Morgan fingerprint density at radius 2 is 1.19 bits per heavy atom. The summed E-state index contributed by atoms with van der Waals surface area (Å²) in [5.41, 5.74) is 5.10. The Morgan fingerprint density at radius 3 is 1.77 bits per heavy atom. The Bertz CT molecular complexity index is 1260. The van der Waals surface area contributed by atoms with Crippen LogP contribution in [0.3, 0.4) is 0 Å². The van der Waals surface area contributed by atoms with E-state index in [2.05, 4.69) is 42.5 Å². The highest BCUT2D eigenvalue weighted by molar-refractivity contribution is 5.97. The van der Waals surface area contributed by atoms with Crippen molar-refractivity contribution in [2.75, 3.05) is 26.2 Å². The van der Waals surface area contributed by atoms with Crippen molar-refractivity contribution in [3.05, 3.63) is 0 Å². The molecule has 0 aromatic rings. The van der Waals surface area contributed by atoms with Gasteiger partial charge >= 0.3 is 0 Å². The Morgan fingerprint density at radius 1 is 0.646 bits per heavy atom. The lowest BCUT2D eigenvalue weighted by Gasteiger charge is -2.28. The van der Waals surface area contributed by atoms with Crippen LogP contribution >= 0.6 is 0 Å². The van der Waals surface area contributed by atoms with Gasteiger partial charge in [-0.2, -0.15) is 0 Å². The lowest BCUT2D eigenvalue weighted by atomic mass is 10.1. The number of nitrogens with two attached hydrogens (primary N) is 1. The molecule has 2 rings (SSSR count). The van der Waals surface area contributed by atoms with E-state index >= 15 is 0 Å². The minimum absolute atomic E-state index is 0.248. The molecule has 0 unspecified atom stereocenters. The number of carbonyl (C=O) groups excluding carboxylic acids is 9. The highest BCUT2D eigenvalue weighted by Crippen LogP contribution is 2.18. The molecule has 0 aromatic carbocycles. The predicted octanol–water partition coefficient (Wildman–Crippen LogP) is -5.03. The van der Waals surface area contributed by atoms with Crippen LogP contribution in [0.5, 0.6) is 0 Å². The number of carbonyl (C=O) groups is 9. The summed E-state index contributed by atoms with van der Waals surface area (Å²) in [5, 5.41) is 20.1. The Balaban J connectivity index is 1.76. The molecule has 2 fully saturated rings. The van der Waals surface area contributed by atoms with E-state index in [4.69, 9.17) is 5.73 Å². The van der Waals surface area contributed by atoms with Crippen LogP contribution in [0.15, 0.2) is 0 Å². The van der Waals surface area contributed by atoms with Crippen molar-refractivity contribution >= 4 is 53.2 Å². The van der Waals surface area contributed by atoms with Gasteiger partial charge in [-0.25, -0.2) is 0 Å². The quantitative estimate of drug-likeness (QED) is 0.0748. The molecule has 2 aliphatic heterocycles. The van der Waals surface area contributed by atoms with E-state index in [0.29, 0.717) is 19.3 Å². The summed E-state index contributed by atoms with van der Waals surface area (Å²) < 4.78 is 0. The largest absolute Gasteiger partial charge is 0.368 e. The second-order valence-corrected chi connectivity index (χ2v) is 11.9. The molecule has 0 saturated carbocycles. The average Bonchev–Trinajstić information content (AvgIpc) is 3.75. The summed E-state index contributed by atoms with van der Waals surface area (Å²) in [6.45, 7) is 7.16. The molecule has 268 valence electrons. The molecule has 0 spiro atoms. The van der Waals surface area contributed by atoms with Crippen LogP contribution in [0.25, 0.3) is 0 Å². The first kappa shape index (κ1) is 39.4. The first-order valence-corrected chi connectivity index (χ1v) is 15.9. The maximum Gasteiger partial charge on any atom is 0.245 e. The van der Waals surface area contributed by atoms with Gasteiger partial charge in [0.1, 0.15) is 36.3 Å². The van der Waals surface area contributed by atoms with Crippen molar-refractivity contribution in [1.29, 1.82) is 0 Å². The van der Waals surface area contributed by atoms with Gasteiger partial charge in [0.25, 0.3) is 0 Å². The molecule has 48 heavy (non-hydrogen) atoms. The van der Waals surface area contributed by atoms with E-state index in [0.717, 1.165) is 13.0 Å². The maximum atomic E-state index is 13.1. The van der Waals surface area contributed by atoms with Gasteiger partial charge in [0.05, 0.1) is 19.1 Å². The molecule has 2 heterocycles. The van der Waals surface area contributed by atoms with Gasteiger partial charge in [0.15, 0.2) is 0 Å². The third kappa shape index (κ3) is 12.1. The van der Waals surface area contributed by atoms with Gasteiger partial charge in [0.2, 0.25) is 53.2 Å². The molecule has 0 aromatic heterocycles. The second-order valence-electron chi connectivity index (χ2n) is 11.9. The monoisotopic (exact) mass is 680 g/mol. The lowest BCUT2D eigenvalue weighted by Crippen LogP contribution is -2.57. The number of hydrogen-bond donors (Lipinski definition) is 9. The fourth-order valence-electron chi connectivity index (χ4n) is 4.97. The number of hydrogen-bond acceptors (Lipinski definition) is 10. The number of primary amides is 1. The van der Waals surface area contributed by atoms with Gasteiger partial charge in [-0.3, -0.25) is 43.2 Å². The van der Waals surface area contributed by atoms with Gasteiger partial charge in [0, 0.05) is 6.54 Å². The average molecular weight is 681 g/mol. The Labute approximate surface area is 278 Å². The predicted molar refractivity (Wildman–Crippen MR) is 169 cm³/mol. The number of nitrogens with one attached hydrogen (secondary N) is 8. The van der Waals surface area contributed by atoms with Crippen LogP contribution in [0.4, 0.5) is 0 Å². The summed E-state index contributed by atoms with van der Waals surface area (Å²) in [7, 11) is 0. The van der Waals surface area contributed by atoms with Crippen LogP contribution in [-0.4, -0.2) is 127 Å². The van der Waals surface area contributed by atoms with Crippen LogP contribution in [0, 0.1) is 0 Å². The summed E-state index contributed by atoms with van der Waals surface area (Å²) in [5.74, 6) is -5.45. The Kier molecular flexibility index (Phi) is 15.2. The zero-order chi connectivity index (χ0) is 36.1. The standard InChI is InChI=1S/C29H48N10O9/c1-14(23(30)42)34-21(40)13-33-28(47)20-9-7-11-39(20)29(48)18(5)38-26(45)17(4)36-25(44)16(3)35-22(41)12-32-24(43)15(2)37-27(46)19-8-6-10-31-19/h14-20,31H,6-13H2,1-5H3,(H2,30,42)(H,32,43)(H,33,47)(H,34,40)(H,35,41)(H,36,44)(H,37,46)(H,38,45)/t14-,15-,16-,17-,18-,19-,20-/m0/s1. The van der Waals surface area contributed by atoms with Crippen LogP contribution in [-0.2, 0) is 43.2 Å². The van der Waals surface area contributed by atoms with Gasteiger partial charge in [-0.05, 0) is 66.8 Å². The maximum absolute atomic E-state index is 13.1. The smallest absolute Gasteiger partial charge is 0.245 e. The third-order valence-corrected chi connectivity index (χ3v) is 7.87.